The maximum absolute atomic E-state index is 11.3. The minimum Gasteiger partial charge on any atom is -0.394 e. The Morgan fingerprint density at radius 1 is 1.39 bits per heavy atom. The number of aryl methyl sites for hydroxylation is 1. The van der Waals surface area contributed by atoms with Gasteiger partial charge in [-0.15, -0.1) is 0 Å². The van der Waals surface area contributed by atoms with Gasteiger partial charge in [0.2, 0.25) is 5.78 Å². The molecule has 1 aromatic heterocycles. The number of rotatable bonds is 2. The van der Waals surface area contributed by atoms with Gasteiger partial charge in [0.15, 0.2) is 6.10 Å². The molecule has 1 aromatic carbocycles. The number of nitrogens with zero attached hydrogens (tertiary/aromatic N) is 1. The molecule has 4 heteroatoms. The molecular weight excluding hydrogens is 228 g/mol. The maximum Gasteiger partial charge on any atom is 0.214 e. The summed E-state index contributed by atoms with van der Waals surface area (Å²) >= 11 is 0. The zero-order valence-electron chi connectivity index (χ0n) is 10.1. The van der Waals surface area contributed by atoms with Crippen molar-refractivity contribution in [3.63, 3.8) is 0 Å². The van der Waals surface area contributed by atoms with Crippen molar-refractivity contribution in [1.29, 1.82) is 0 Å². The summed E-state index contributed by atoms with van der Waals surface area (Å²) in [5.74, 6) is -0.390. The fraction of sp³-hybridized carbons (Fsp3) is 0.214. The van der Waals surface area contributed by atoms with Gasteiger partial charge in [-0.1, -0.05) is 19.1 Å². The second-order valence-corrected chi connectivity index (χ2v) is 4.50. The number of nitrogens with two attached hydrogens (primary N) is 1. The number of carbonyl (C=O) groups is 1. The minimum atomic E-state index is -1.09. The Morgan fingerprint density at radius 2 is 2.17 bits per heavy atom. The molecule has 3 N–H and O–H groups in total. The van der Waals surface area contributed by atoms with Crippen LogP contribution in [0.3, 0.4) is 0 Å². The lowest BCUT2D eigenvalue weighted by Crippen LogP contribution is -2.41. The zero-order chi connectivity index (χ0) is 12.9. The van der Waals surface area contributed by atoms with Crippen LogP contribution < -0.4 is 5.73 Å². The van der Waals surface area contributed by atoms with Gasteiger partial charge in [-0.2, -0.15) is 0 Å². The van der Waals surface area contributed by atoms with E-state index in [1.807, 2.05) is 18.3 Å². The molecule has 0 saturated heterocycles. The molecule has 1 aliphatic rings. The van der Waals surface area contributed by atoms with Crippen LogP contribution >= 0.6 is 0 Å². The van der Waals surface area contributed by atoms with Gasteiger partial charge in [0.05, 0.1) is 11.2 Å². The molecule has 0 aliphatic heterocycles. The van der Waals surface area contributed by atoms with Crippen LogP contribution in [0, 0.1) is 0 Å². The smallest absolute Gasteiger partial charge is 0.214 e. The van der Waals surface area contributed by atoms with Gasteiger partial charge in [0.1, 0.15) is 5.70 Å². The number of fused-ring (bicyclic) bond motifs is 1. The van der Waals surface area contributed by atoms with E-state index in [2.05, 4.69) is 19.1 Å². The van der Waals surface area contributed by atoms with E-state index in [9.17, 15) is 9.90 Å². The third kappa shape index (κ3) is 1.32. The number of aromatic nitrogens is 1. The molecule has 0 amide bonds. The summed E-state index contributed by atoms with van der Waals surface area (Å²) in [5, 5.41) is 10.8. The lowest BCUT2D eigenvalue weighted by molar-refractivity contribution is -0.123. The molecule has 2 aromatic rings. The number of hydrogen-bond donors (Lipinski definition) is 2. The van der Waals surface area contributed by atoms with Gasteiger partial charge in [0, 0.05) is 6.20 Å². The molecule has 92 valence electrons. The average Bonchev–Trinajstić information content (AvgIpc) is 2.81. The lowest BCUT2D eigenvalue weighted by Gasteiger charge is -2.26. The highest BCUT2D eigenvalue weighted by molar-refractivity contribution is 6.17. The van der Waals surface area contributed by atoms with Gasteiger partial charge >= 0.3 is 0 Å². The number of hydrogen-bond acceptors (Lipinski definition) is 3. The van der Waals surface area contributed by atoms with Crippen molar-refractivity contribution in [2.75, 3.05) is 0 Å². The van der Waals surface area contributed by atoms with Crippen LogP contribution in [-0.4, -0.2) is 21.6 Å². The van der Waals surface area contributed by atoms with Gasteiger partial charge < -0.3 is 15.4 Å². The van der Waals surface area contributed by atoms with Crippen molar-refractivity contribution in [2.24, 2.45) is 5.73 Å². The SMILES string of the molecule is CCc1ccc2ccn(C3=C(N)C(=O)C3O)c2c1. The van der Waals surface area contributed by atoms with E-state index in [1.54, 1.807) is 4.57 Å². The van der Waals surface area contributed by atoms with Crippen LogP contribution in [0.1, 0.15) is 12.5 Å². The number of benzene rings is 1. The molecule has 0 bridgehead atoms. The van der Waals surface area contributed by atoms with Crippen molar-refractivity contribution in [3.8, 4) is 0 Å². The first-order valence-corrected chi connectivity index (χ1v) is 5.95. The van der Waals surface area contributed by atoms with Crippen molar-refractivity contribution < 1.29 is 9.90 Å². The quantitative estimate of drug-likeness (QED) is 0.833. The van der Waals surface area contributed by atoms with Crippen molar-refractivity contribution in [2.45, 2.75) is 19.4 Å². The maximum atomic E-state index is 11.3. The molecule has 18 heavy (non-hydrogen) atoms. The Labute approximate surface area is 104 Å². The summed E-state index contributed by atoms with van der Waals surface area (Å²) in [7, 11) is 0. The van der Waals surface area contributed by atoms with Crippen molar-refractivity contribution in [3.05, 3.63) is 41.7 Å². The highest BCUT2D eigenvalue weighted by Crippen LogP contribution is 2.30. The van der Waals surface area contributed by atoms with Gasteiger partial charge in [0.25, 0.3) is 0 Å². The summed E-state index contributed by atoms with van der Waals surface area (Å²) in [5.41, 5.74) is 8.48. The summed E-state index contributed by atoms with van der Waals surface area (Å²) in [6, 6.07) is 8.12. The second kappa shape index (κ2) is 3.71. The van der Waals surface area contributed by atoms with Crippen LogP contribution in [0.25, 0.3) is 16.6 Å². The Morgan fingerprint density at radius 3 is 2.83 bits per heavy atom. The van der Waals surface area contributed by atoms with Crippen LogP contribution in [-0.2, 0) is 11.2 Å². The molecule has 0 radical (unpaired) electrons. The molecule has 1 unspecified atom stereocenters. The summed E-state index contributed by atoms with van der Waals surface area (Å²) in [4.78, 5) is 11.3. The van der Waals surface area contributed by atoms with Gasteiger partial charge in [-0.05, 0) is 29.5 Å². The first kappa shape index (κ1) is 11.0. The predicted molar refractivity (Wildman–Crippen MR) is 69.7 cm³/mol. The van der Waals surface area contributed by atoms with E-state index < -0.39 is 11.9 Å². The number of aliphatic hydroxyl groups is 1. The first-order chi connectivity index (χ1) is 8.63. The van der Waals surface area contributed by atoms with E-state index in [4.69, 9.17) is 5.73 Å². The van der Waals surface area contributed by atoms with E-state index in [0.717, 1.165) is 17.3 Å². The van der Waals surface area contributed by atoms with Crippen molar-refractivity contribution in [1.82, 2.24) is 4.57 Å². The summed E-state index contributed by atoms with van der Waals surface area (Å²) in [6.07, 6.45) is 1.69. The Bertz CT molecular complexity index is 682. The Kier molecular flexibility index (Phi) is 2.28. The number of carbonyl (C=O) groups excluding carboxylic acids is 1. The number of Topliss-reactive ketones (excluding diaryl/α,β-unsaturated/α-hetero) is 1. The molecule has 4 nitrogen and oxygen atoms in total. The van der Waals surface area contributed by atoms with Crippen LogP contribution in [0.4, 0.5) is 0 Å². The standard InChI is InChI=1S/C14H14N2O2/c1-2-8-3-4-9-5-6-16(10(9)7-8)12-11(15)13(17)14(12)18/h3-7,14,18H,2,15H2,1H3. The van der Waals surface area contributed by atoms with Crippen LogP contribution in [0.15, 0.2) is 36.2 Å². The normalized spacial score (nSPS) is 19.4. The predicted octanol–water partition coefficient (Wildman–Crippen LogP) is 1.27. The Balaban J connectivity index is 2.22. The molecule has 1 heterocycles. The largest absolute Gasteiger partial charge is 0.394 e. The average molecular weight is 242 g/mol. The summed E-state index contributed by atoms with van der Waals surface area (Å²) in [6.45, 7) is 2.09. The molecular formula is C14H14N2O2. The Hall–Kier alpha value is -2.07. The van der Waals surface area contributed by atoms with E-state index >= 15 is 0 Å². The first-order valence-electron chi connectivity index (χ1n) is 5.95. The minimum absolute atomic E-state index is 0.155. The highest BCUT2D eigenvalue weighted by Gasteiger charge is 2.37. The molecule has 1 atom stereocenters. The van der Waals surface area contributed by atoms with E-state index in [1.165, 1.54) is 5.56 Å². The van der Waals surface area contributed by atoms with E-state index in [0.29, 0.717) is 5.70 Å². The van der Waals surface area contributed by atoms with Crippen molar-refractivity contribution >= 4 is 22.4 Å². The highest BCUT2D eigenvalue weighted by atomic mass is 16.3. The molecule has 1 aliphatic carbocycles. The van der Waals surface area contributed by atoms with Crippen LogP contribution in [0.2, 0.25) is 0 Å². The fourth-order valence-electron chi connectivity index (χ4n) is 2.33. The van der Waals surface area contributed by atoms with Gasteiger partial charge in [-0.3, -0.25) is 4.79 Å². The summed E-state index contributed by atoms with van der Waals surface area (Å²) < 4.78 is 1.80. The van der Waals surface area contributed by atoms with E-state index in [-0.39, 0.29) is 5.70 Å². The van der Waals surface area contributed by atoms with Gasteiger partial charge in [-0.25, -0.2) is 0 Å². The second-order valence-electron chi connectivity index (χ2n) is 4.50. The topological polar surface area (TPSA) is 68.2 Å². The monoisotopic (exact) mass is 242 g/mol. The third-order valence-electron chi connectivity index (χ3n) is 3.47. The van der Waals surface area contributed by atoms with Crippen LogP contribution in [0.5, 0.6) is 0 Å². The molecule has 0 saturated carbocycles. The number of ketones is 1. The lowest BCUT2D eigenvalue weighted by atomic mass is 9.95. The molecule has 0 fully saturated rings. The molecule has 0 spiro atoms. The molecule has 3 rings (SSSR count). The number of aliphatic hydroxyl groups excluding tert-OH is 1. The third-order valence-corrected chi connectivity index (χ3v) is 3.47. The zero-order valence-corrected chi connectivity index (χ0v) is 10.1. The fourth-order valence-corrected chi connectivity index (χ4v) is 2.33.